The molecule has 16 heavy (non-hydrogen) atoms. The van der Waals surface area contributed by atoms with Crippen LogP contribution in [0.2, 0.25) is 0 Å². The van der Waals surface area contributed by atoms with Crippen LogP contribution in [0.4, 0.5) is 5.69 Å². The van der Waals surface area contributed by atoms with E-state index in [1.807, 2.05) is 32.0 Å². The normalized spacial score (nSPS) is 9.69. The third kappa shape index (κ3) is 3.73. The van der Waals surface area contributed by atoms with E-state index < -0.39 is 5.97 Å². The van der Waals surface area contributed by atoms with Crippen LogP contribution in [0.5, 0.6) is 0 Å². The molecule has 86 valence electrons. The largest absolute Gasteiger partial charge is 0.343 e. The second kappa shape index (κ2) is 5.30. The molecule has 4 heteroatoms. The zero-order valence-corrected chi connectivity index (χ0v) is 9.66. The van der Waals surface area contributed by atoms with Crippen molar-refractivity contribution in [2.45, 2.75) is 27.2 Å². The summed E-state index contributed by atoms with van der Waals surface area (Å²) in [6, 6.07) is 5.71. The van der Waals surface area contributed by atoms with Gasteiger partial charge in [0.15, 0.2) is 0 Å². The first-order chi connectivity index (χ1) is 7.49. The van der Waals surface area contributed by atoms with Gasteiger partial charge in [-0.05, 0) is 32.4 Å². The highest BCUT2D eigenvalue weighted by atomic mass is 16.7. The zero-order chi connectivity index (χ0) is 12.1. The third-order valence-electron chi connectivity index (χ3n) is 2.05. The minimum absolute atomic E-state index is 0.210. The van der Waals surface area contributed by atoms with E-state index in [9.17, 15) is 9.59 Å². The predicted molar refractivity (Wildman–Crippen MR) is 60.9 cm³/mol. The van der Waals surface area contributed by atoms with E-state index in [0.29, 0.717) is 0 Å². The van der Waals surface area contributed by atoms with Crippen LogP contribution in [0.15, 0.2) is 18.2 Å². The first-order valence-corrected chi connectivity index (χ1v) is 5.01. The van der Waals surface area contributed by atoms with Crippen LogP contribution in [-0.4, -0.2) is 11.8 Å². The van der Waals surface area contributed by atoms with Gasteiger partial charge in [0, 0.05) is 0 Å². The molecule has 1 aromatic rings. The van der Waals surface area contributed by atoms with E-state index >= 15 is 0 Å². The van der Waals surface area contributed by atoms with Gasteiger partial charge in [-0.15, -0.1) is 0 Å². The van der Waals surface area contributed by atoms with Gasteiger partial charge in [-0.25, -0.2) is 10.3 Å². The second-order valence-corrected chi connectivity index (χ2v) is 3.77. The predicted octanol–water partition coefficient (Wildman–Crippen LogP) is 2.15. The van der Waals surface area contributed by atoms with Crippen molar-refractivity contribution in [2.75, 3.05) is 5.48 Å². The lowest BCUT2D eigenvalue weighted by Crippen LogP contribution is -2.13. The summed E-state index contributed by atoms with van der Waals surface area (Å²) in [7, 11) is 0. The summed E-state index contributed by atoms with van der Waals surface area (Å²) in [5.41, 5.74) is 5.39. The number of carbonyl (C=O) groups excluding carboxylic acids is 2. The highest BCUT2D eigenvalue weighted by Crippen LogP contribution is 2.15. The van der Waals surface area contributed by atoms with E-state index in [4.69, 9.17) is 4.84 Å². The van der Waals surface area contributed by atoms with Crippen LogP contribution < -0.4 is 5.48 Å². The SMILES string of the molecule is CC(=O)CC(=O)ONc1ccc(C)cc1C. The quantitative estimate of drug-likeness (QED) is 0.625. The number of hydrogen-bond donors (Lipinski definition) is 1. The molecule has 1 aromatic carbocycles. The smallest absolute Gasteiger partial charge is 0.339 e. The molecule has 0 saturated heterocycles. The molecule has 0 aliphatic heterocycles. The van der Waals surface area contributed by atoms with Gasteiger partial charge in [-0.1, -0.05) is 17.7 Å². The fourth-order valence-electron chi connectivity index (χ4n) is 1.28. The number of anilines is 1. The number of aryl methyl sites for hydroxylation is 2. The average molecular weight is 221 g/mol. The summed E-state index contributed by atoms with van der Waals surface area (Å²) >= 11 is 0. The van der Waals surface area contributed by atoms with Crippen molar-refractivity contribution < 1.29 is 14.4 Å². The first kappa shape index (κ1) is 12.2. The van der Waals surface area contributed by atoms with Crippen molar-refractivity contribution in [3.05, 3.63) is 29.3 Å². The van der Waals surface area contributed by atoms with E-state index in [0.717, 1.165) is 16.8 Å². The molecule has 0 atom stereocenters. The number of hydrogen-bond acceptors (Lipinski definition) is 4. The van der Waals surface area contributed by atoms with Gasteiger partial charge in [0.1, 0.15) is 12.2 Å². The second-order valence-electron chi connectivity index (χ2n) is 3.77. The Hall–Kier alpha value is -1.84. The van der Waals surface area contributed by atoms with Gasteiger partial charge in [-0.2, -0.15) is 0 Å². The van der Waals surface area contributed by atoms with Crippen molar-refractivity contribution in [3.63, 3.8) is 0 Å². The fraction of sp³-hybridized carbons (Fsp3) is 0.333. The molecule has 0 unspecified atom stereocenters. The summed E-state index contributed by atoms with van der Waals surface area (Å²) < 4.78 is 0. The van der Waals surface area contributed by atoms with Gasteiger partial charge in [0.2, 0.25) is 0 Å². The molecule has 0 fully saturated rings. The fourth-order valence-corrected chi connectivity index (χ4v) is 1.28. The Labute approximate surface area is 94.6 Å². The maximum Gasteiger partial charge on any atom is 0.339 e. The van der Waals surface area contributed by atoms with E-state index in [2.05, 4.69) is 5.48 Å². The summed E-state index contributed by atoms with van der Waals surface area (Å²) in [5, 5.41) is 0. The Morgan fingerprint density at radius 2 is 2.00 bits per heavy atom. The Bertz CT molecular complexity index is 413. The molecule has 0 radical (unpaired) electrons. The minimum atomic E-state index is -0.576. The maximum absolute atomic E-state index is 11.1. The van der Waals surface area contributed by atoms with Gasteiger partial charge in [-0.3, -0.25) is 4.79 Å². The molecule has 4 nitrogen and oxygen atoms in total. The number of benzene rings is 1. The number of nitrogens with one attached hydrogen (secondary N) is 1. The standard InChI is InChI=1S/C12H15NO3/c1-8-4-5-11(9(2)6-8)13-16-12(15)7-10(3)14/h4-6,13H,7H2,1-3H3. The Morgan fingerprint density at radius 3 is 2.56 bits per heavy atom. The topological polar surface area (TPSA) is 55.4 Å². The Morgan fingerprint density at radius 1 is 1.31 bits per heavy atom. The number of rotatable bonds is 4. The lowest BCUT2D eigenvalue weighted by molar-refractivity contribution is -0.143. The summed E-state index contributed by atoms with van der Waals surface area (Å²) in [6.45, 7) is 5.24. The molecule has 0 aliphatic carbocycles. The Kier molecular flexibility index (Phi) is 4.05. The lowest BCUT2D eigenvalue weighted by atomic mass is 10.1. The highest BCUT2D eigenvalue weighted by Gasteiger charge is 2.07. The summed E-state index contributed by atoms with van der Waals surface area (Å²) in [5.74, 6) is -0.792. The van der Waals surface area contributed by atoms with Crippen molar-refractivity contribution in [3.8, 4) is 0 Å². The van der Waals surface area contributed by atoms with Crippen LogP contribution in [0.1, 0.15) is 24.5 Å². The van der Waals surface area contributed by atoms with Gasteiger partial charge < -0.3 is 4.84 Å². The molecule has 1 N–H and O–H groups in total. The highest BCUT2D eigenvalue weighted by molar-refractivity contribution is 5.94. The summed E-state index contributed by atoms with van der Waals surface area (Å²) in [6.07, 6.45) is -0.210. The van der Waals surface area contributed by atoms with Crippen molar-refractivity contribution in [1.82, 2.24) is 0 Å². The number of ketones is 1. The molecule has 1 rings (SSSR count). The molecule has 0 bridgehead atoms. The molecule has 0 aromatic heterocycles. The van der Waals surface area contributed by atoms with Crippen LogP contribution in [0.25, 0.3) is 0 Å². The molecule has 0 saturated carbocycles. The molecular formula is C12H15NO3. The van der Waals surface area contributed by atoms with Gasteiger partial charge in [0.05, 0.1) is 5.69 Å². The van der Waals surface area contributed by atoms with Crippen LogP contribution in [-0.2, 0) is 14.4 Å². The summed E-state index contributed by atoms with van der Waals surface area (Å²) in [4.78, 5) is 26.5. The van der Waals surface area contributed by atoms with Crippen LogP contribution >= 0.6 is 0 Å². The molecule has 0 spiro atoms. The number of carbonyl (C=O) groups is 2. The molecule has 0 amide bonds. The zero-order valence-electron chi connectivity index (χ0n) is 9.66. The molecule has 0 heterocycles. The van der Waals surface area contributed by atoms with Crippen molar-refractivity contribution in [2.24, 2.45) is 0 Å². The van der Waals surface area contributed by atoms with E-state index in [1.54, 1.807) is 0 Å². The van der Waals surface area contributed by atoms with E-state index in [-0.39, 0.29) is 12.2 Å². The third-order valence-corrected chi connectivity index (χ3v) is 2.05. The Balaban J connectivity index is 2.54. The van der Waals surface area contributed by atoms with Crippen LogP contribution in [0.3, 0.4) is 0 Å². The maximum atomic E-state index is 11.1. The molecule has 0 aliphatic rings. The van der Waals surface area contributed by atoms with Crippen molar-refractivity contribution in [1.29, 1.82) is 0 Å². The molecular weight excluding hydrogens is 206 g/mol. The van der Waals surface area contributed by atoms with Crippen molar-refractivity contribution >= 4 is 17.4 Å². The van der Waals surface area contributed by atoms with Gasteiger partial charge >= 0.3 is 5.97 Å². The lowest BCUT2D eigenvalue weighted by Gasteiger charge is -2.09. The first-order valence-electron chi connectivity index (χ1n) is 5.01. The monoisotopic (exact) mass is 221 g/mol. The van der Waals surface area contributed by atoms with E-state index in [1.165, 1.54) is 6.92 Å². The van der Waals surface area contributed by atoms with Gasteiger partial charge in [0.25, 0.3) is 0 Å². The minimum Gasteiger partial charge on any atom is -0.343 e. The average Bonchev–Trinajstić information content (AvgIpc) is 2.15. The van der Waals surface area contributed by atoms with Crippen LogP contribution in [0, 0.1) is 13.8 Å². The number of Topliss-reactive ketones (excluding diaryl/α,β-unsaturated/α-hetero) is 1.